The summed E-state index contributed by atoms with van der Waals surface area (Å²) in [6.07, 6.45) is 3.18. The van der Waals surface area contributed by atoms with Gasteiger partial charge in [0, 0.05) is 0 Å². The molecule has 0 N–H and O–H groups in total. The molecule has 0 aliphatic rings. The highest BCUT2D eigenvalue weighted by atomic mass is 19.2. The van der Waals surface area contributed by atoms with Crippen LogP contribution in [0.4, 0.5) is 8.78 Å². The third kappa shape index (κ3) is 5.51. The largest absolute Gasteiger partial charge is 0.465 e. The fraction of sp³-hybridized carbons (Fsp3) is 0.579. The van der Waals surface area contributed by atoms with Crippen molar-refractivity contribution in [3.8, 4) is 0 Å². The fourth-order valence-corrected chi connectivity index (χ4v) is 2.48. The van der Waals surface area contributed by atoms with Crippen LogP contribution in [-0.4, -0.2) is 18.5 Å². The molecule has 0 spiro atoms. The highest BCUT2D eigenvalue weighted by molar-refractivity contribution is 5.99. The van der Waals surface area contributed by atoms with E-state index in [0.29, 0.717) is 5.56 Å². The highest BCUT2D eigenvalue weighted by Crippen LogP contribution is 2.30. The van der Waals surface area contributed by atoms with Gasteiger partial charge in [-0.2, -0.15) is 0 Å². The van der Waals surface area contributed by atoms with Crippen LogP contribution < -0.4 is 0 Å². The van der Waals surface area contributed by atoms with Crippen molar-refractivity contribution < 1.29 is 27.8 Å². The molecule has 0 aromatic heterocycles. The highest BCUT2D eigenvalue weighted by Gasteiger charge is 2.45. The summed E-state index contributed by atoms with van der Waals surface area (Å²) in [6.45, 7) is 5.51. The van der Waals surface area contributed by atoms with Gasteiger partial charge in [0.25, 0.3) is 0 Å². The van der Waals surface area contributed by atoms with Crippen molar-refractivity contribution in [2.24, 2.45) is 5.41 Å². The number of esters is 2. The number of hydrogen-bond donors (Lipinski definition) is 0. The lowest BCUT2D eigenvalue weighted by atomic mass is 9.82. The predicted molar refractivity (Wildman–Crippen MR) is 89.7 cm³/mol. The summed E-state index contributed by atoms with van der Waals surface area (Å²) in [4.78, 5) is 24.9. The predicted octanol–water partition coefficient (Wildman–Crippen LogP) is 4.55. The van der Waals surface area contributed by atoms with Gasteiger partial charge < -0.3 is 9.47 Å². The molecule has 6 heteroatoms. The summed E-state index contributed by atoms with van der Waals surface area (Å²) >= 11 is 0. The van der Waals surface area contributed by atoms with E-state index in [1.54, 1.807) is 13.8 Å². The zero-order valence-corrected chi connectivity index (χ0v) is 15.1. The average Bonchev–Trinajstić information content (AvgIpc) is 2.61. The van der Waals surface area contributed by atoms with Crippen molar-refractivity contribution in [3.05, 3.63) is 35.4 Å². The monoisotopic (exact) mass is 356 g/mol. The number of benzene rings is 1. The van der Waals surface area contributed by atoms with Crippen molar-refractivity contribution in [1.29, 1.82) is 0 Å². The van der Waals surface area contributed by atoms with E-state index in [9.17, 15) is 18.4 Å². The van der Waals surface area contributed by atoms with Gasteiger partial charge in [0.05, 0.1) is 6.61 Å². The lowest BCUT2D eigenvalue weighted by molar-refractivity contribution is -0.174. The third-order valence-corrected chi connectivity index (χ3v) is 4.32. The van der Waals surface area contributed by atoms with Crippen molar-refractivity contribution in [3.63, 3.8) is 0 Å². The lowest BCUT2D eigenvalue weighted by Gasteiger charge is -2.27. The maximum Gasteiger partial charge on any atom is 0.323 e. The quantitative estimate of drug-likeness (QED) is 0.351. The van der Waals surface area contributed by atoms with Crippen molar-refractivity contribution in [2.75, 3.05) is 6.61 Å². The van der Waals surface area contributed by atoms with Crippen molar-refractivity contribution >= 4 is 11.9 Å². The van der Waals surface area contributed by atoms with Crippen LogP contribution in [0.15, 0.2) is 18.2 Å². The molecule has 0 saturated heterocycles. The van der Waals surface area contributed by atoms with E-state index in [1.807, 2.05) is 6.92 Å². The van der Waals surface area contributed by atoms with E-state index < -0.39 is 29.0 Å². The van der Waals surface area contributed by atoms with Gasteiger partial charge in [0.1, 0.15) is 6.61 Å². The first-order valence-electron chi connectivity index (χ1n) is 8.69. The van der Waals surface area contributed by atoms with E-state index in [4.69, 9.17) is 9.47 Å². The Morgan fingerprint density at radius 2 is 1.60 bits per heavy atom. The maximum absolute atomic E-state index is 13.2. The number of unbranched alkanes of at least 4 members (excludes halogenated alkanes) is 2. The van der Waals surface area contributed by atoms with Gasteiger partial charge in [-0.25, -0.2) is 8.78 Å². The second kappa shape index (κ2) is 10.1. The molecular formula is C19H26F2O4. The fourth-order valence-electron chi connectivity index (χ4n) is 2.48. The number of ether oxygens (including phenoxy) is 2. The topological polar surface area (TPSA) is 52.6 Å². The Morgan fingerprint density at radius 3 is 2.16 bits per heavy atom. The molecule has 0 fully saturated rings. The number of rotatable bonds is 10. The zero-order valence-electron chi connectivity index (χ0n) is 15.1. The van der Waals surface area contributed by atoms with E-state index in [0.717, 1.165) is 31.4 Å². The van der Waals surface area contributed by atoms with Gasteiger partial charge in [-0.05, 0) is 37.0 Å². The summed E-state index contributed by atoms with van der Waals surface area (Å²) in [5.74, 6) is -3.28. The van der Waals surface area contributed by atoms with Gasteiger partial charge in [-0.15, -0.1) is 0 Å². The van der Waals surface area contributed by atoms with Gasteiger partial charge in [0.2, 0.25) is 0 Å². The Bertz CT molecular complexity index is 583. The van der Waals surface area contributed by atoms with Crippen LogP contribution in [0.5, 0.6) is 0 Å². The van der Waals surface area contributed by atoms with Crippen LogP contribution in [0.1, 0.15) is 58.4 Å². The molecule has 0 amide bonds. The number of carbonyl (C=O) groups is 2. The molecular weight excluding hydrogens is 330 g/mol. The summed E-state index contributed by atoms with van der Waals surface area (Å²) in [5.41, 5.74) is -1.06. The van der Waals surface area contributed by atoms with Crippen LogP contribution in [0, 0.1) is 17.0 Å². The molecule has 4 nitrogen and oxygen atoms in total. The Hall–Kier alpha value is -1.98. The van der Waals surface area contributed by atoms with Crippen LogP contribution in [0.25, 0.3) is 0 Å². The van der Waals surface area contributed by atoms with Crippen molar-refractivity contribution in [1.82, 2.24) is 0 Å². The second-order valence-electron chi connectivity index (χ2n) is 5.96. The third-order valence-electron chi connectivity index (χ3n) is 4.32. The minimum atomic E-state index is -1.37. The minimum absolute atomic E-state index is 0.235. The smallest absolute Gasteiger partial charge is 0.323 e. The van der Waals surface area contributed by atoms with Gasteiger partial charge in [0.15, 0.2) is 17.0 Å². The molecule has 0 radical (unpaired) electrons. The first-order valence-corrected chi connectivity index (χ1v) is 8.69. The van der Waals surface area contributed by atoms with E-state index in [2.05, 4.69) is 0 Å². The molecule has 0 atom stereocenters. The Morgan fingerprint density at radius 1 is 0.960 bits per heavy atom. The summed E-state index contributed by atoms with van der Waals surface area (Å²) in [6, 6.07) is 3.26. The molecule has 1 aromatic rings. The molecule has 0 aliphatic carbocycles. The van der Waals surface area contributed by atoms with E-state index in [-0.39, 0.29) is 26.1 Å². The molecule has 1 aromatic carbocycles. The Balaban J connectivity index is 2.73. The molecule has 0 saturated carbocycles. The number of carbonyl (C=O) groups excluding carboxylic acids is 2. The van der Waals surface area contributed by atoms with Gasteiger partial charge in [-0.3, -0.25) is 9.59 Å². The second-order valence-corrected chi connectivity index (χ2v) is 5.96. The number of halogens is 2. The molecule has 0 heterocycles. The van der Waals surface area contributed by atoms with Crippen LogP contribution in [-0.2, 0) is 25.7 Å². The molecule has 0 bridgehead atoms. The lowest BCUT2D eigenvalue weighted by Crippen LogP contribution is -2.41. The average molecular weight is 356 g/mol. The standard InChI is InChI=1S/C19H26F2O4/c1-4-7-8-11-24-17(22)19(5-2,6-3)18(23)25-13-14-9-10-15(20)16(21)12-14/h9-10,12H,4-8,11,13H2,1-3H3. The molecule has 25 heavy (non-hydrogen) atoms. The molecule has 0 aliphatic heterocycles. The van der Waals surface area contributed by atoms with Gasteiger partial charge >= 0.3 is 11.9 Å². The molecule has 0 unspecified atom stereocenters. The van der Waals surface area contributed by atoms with Crippen molar-refractivity contribution in [2.45, 2.75) is 59.5 Å². The van der Waals surface area contributed by atoms with E-state index >= 15 is 0 Å². The minimum Gasteiger partial charge on any atom is -0.465 e. The summed E-state index contributed by atoms with van der Waals surface area (Å²) in [5, 5.41) is 0. The molecule has 1 rings (SSSR count). The summed E-state index contributed by atoms with van der Waals surface area (Å²) < 4.78 is 36.6. The first kappa shape index (κ1) is 21.1. The van der Waals surface area contributed by atoms with Crippen LogP contribution >= 0.6 is 0 Å². The maximum atomic E-state index is 13.2. The zero-order chi connectivity index (χ0) is 18.9. The van der Waals surface area contributed by atoms with E-state index in [1.165, 1.54) is 6.07 Å². The molecule has 140 valence electrons. The van der Waals surface area contributed by atoms with Crippen LogP contribution in [0.2, 0.25) is 0 Å². The Kier molecular flexibility index (Phi) is 8.52. The SMILES string of the molecule is CCCCCOC(=O)C(CC)(CC)C(=O)OCc1ccc(F)c(F)c1. The number of hydrogen-bond acceptors (Lipinski definition) is 4. The van der Waals surface area contributed by atoms with Crippen LogP contribution in [0.3, 0.4) is 0 Å². The summed E-state index contributed by atoms with van der Waals surface area (Å²) in [7, 11) is 0. The van der Waals surface area contributed by atoms with Gasteiger partial charge in [-0.1, -0.05) is 39.7 Å². The Labute approximate surface area is 147 Å². The first-order chi connectivity index (χ1) is 11.9. The normalized spacial score (nSPS) is 11.2.